The Morgan fingerprint density at radius 1 is 1.44 bits per heavy atom. The summed E-state index contributed by atoms with van der Waals surface area (Å²) in [6.45, 7) is 2.25. The molecule has 18 heavy (non-hydrogen) atoms. The number of rotatable bonds is 3. The van der Waals surface area contributed by atoms with E-state index < -0.39 is 0 Å². The molecular weight excluding hydrogens is 232 g/mol. The van der Waals surface area contributed by atoms with Crippen molar-refractivity contribution in [1.29, 1.82) is 0 Å². The predicted octanol–water partition coefficient (Wildman–Crippen LogP) is 0.272. The summed E-state index contributed by atoms with van der Waals surface area (Å²) in [6.07, 6.45) is 0.674. The highest BCUT2D eigenvalue weighted by atomic mass is 16.2. The summed E-state index contributed by atoms with van der Waals surface area (Å²) in [5.41, 5.74) is 4.34. The maximum absolute atomic E-state index is 11.7. The maximum Gasteiger partial charge on any atom is 0.267 e. The molecule has 0 bridgehead atoms. The van der Waals surface area contributed by atoms with Crippen molar-refractivity contribution in [2.24, 2.45) is 5.10 Å². The lowest BCUT2D eigenvalue weighted by Crippen LogP contribution is -2.36. The Kier molecular flexibility index (Phi) is 3.66. The van der Waals surface area contributed by atoms with Gasteiger partial charge in [0.2, 0.25) is 5.91 Å². The summed E-state index contributed by atoms with van der Waals surface area (Å²) in [4.78, 5) is 26.9. The number of aromatic nitrogens is 1. The molecule has 94 valence electrons. The fourth-order valence-corrected chi connectivity index (χ4v) is 1.61. The van der Waals surface area contributed by atoms with Gasteiger partial charge in [-0.1, -0.05) is 6.07 Å². The molecule has 2 heterocycles. The van der Waals surface area contributed by atoms with Crippen LogP contribution in [0.2, 0.25) is 0 Å². The van der Waals surface area contributed by atoms with Crippen LogP contribution in [0.15, 0.2) is 23.3 Å². The van der Waals surface area contributed by atoms with E-state index in [2.05, 4.69) is 20.8 Å². The molecule has 0 saturated heterocycles. The van der Waals surface area contributed by atoms with Crippen LogP contribution in [0.1, 0.15) is 24.2 Å². The molecule has 1 aliphatic heterocycles. The Bertz CT molecular complexity index is 511. The van der Waals surface area contributed by atoms with E-state index in [1.54, 1.807) is 0 Å². The lowest BCUT2D eigenvalue weighted by molar-refractivity contribution is -0.121. The van der Waals surface area contributed by atoms with Crippen LogP contribution in [0.5, 0.6) is 0 Å². The zero-order valence-electron chi connectivity index (χ0n) is 10.1. The van der Waals surface area contributed by atoms with E-state index in [4.69, 9.17) is 0 Å². The summed E-state index contributed by atoms with van der Waals surface area (Å²) in [7, 11) is 0. The summed E-state index contributed by atoms with van der Waals surface area (Å²) in [6, 6.07) is 5.63. The minimum atomic E-state index is -0.265. The molecule has 1 aromatic rings. The molecule has 2 amide bonds. The van der Waals surface area contributed by atoms with Crippen molar-refractivity contribution in [3.05, 3.63) is 29.6 Å². The van der Waals surface area contributed by atoms with Crippen LogP contribution in [-0.4, -0.2) is 22.5 Å². The fraction of sp³-hybridized carbons (Fsp3) is 0.333. The lowest BCUT2D eigenvalue weighted by Gasteiger charge is -2.11. The molecule has 6 heteroatoms. The van der Waals surface area contributed by atoms with E-state index in [1.807, 2.05) is 25.1 Å². The van der Waals surface area contributed by atoms with Crippen LogP contribution in [0.3, 0.4) is 0 Å². The molecule has 2 N–H and O–H groups in total. The molecule has 0 atom stereocenters. The highest BCUT2D eigenvalue weighted by Crippen LogP contribution is 2.01. The Hall–Kier alpha value is -2.24. The van der Waals surface area contributed by atoms with Crippen LogP contribution in [0.25, 0.3) is 0 Å². The number of carbonyl (C=O) groups is 2. The van der Waals surface area contributed by atoms with Crippen molar-refractivity contribution in [3.63, 3.8) is 0 Å². The first-order valence-electron chi connectivity index (χ1n) is 5.71. The molecule has 1 aliphatic rings. The smallest absolute Gasteiger partial charge is 0.267 e. The second-order valence-electron chi connectivity index (χ2n) is 4.05. The second-order valence-corrected chi connectivity index (χ2v) is 4.05. The zero-order chi connectivity index (χ0) is 13.0. The second kappa shape index (κ2) is 5.39. The van der Waals surface area contributed by atoms with Gasteiger partial charge in [-0.2, -0.15) is 5.10 Å². The van der Waals surface area contributed by atoms with Crippen molar-refractivity contribution in [1.82, 2.24) is 15.7 Å². The van der Waals surface area contributed by atoms with Crippen LogP contribution in [-0.2, 0) is 16.1 Å². The Labute approximate surface area is 104 Å². The molecule has 2 rings (SSSR count). The van der Waals surface area contributed by atoms with E-state index in [0.29, 0.717) is 25.1 Å². The van der Waals surface area contributed by atoms with Gasteiger partial charge in [0.15, 0.2) is 0 Å². The maximum atomic E-state index is 11.7. The van der Waals surface area contributed by atoms with Crippen molar-refractivity contribution in [2.75, 3.05) is 0 Å². The van der Waals surface area contributed by atoms with Gasteiger partial charge in [-0.05, 0) is 19.1 Å². The molecule has 0 aliphatic carbocycles. The third-order valence-electron chi connectivity index (χ3n) is 2.54. The van der Waals surface area contributed by atoms with Gasteiger partial charge in [0.25, 0.3) is 5.91 Å². The Balaban J connectivity index is 1.91. The Morgan fingerprint density at radius 3 is 2.94 bits per heavy atom. The summed E-state index contributed by atoms with van der Waals surface area (Å²) >= 11 is 0. The first-order valence-corrected chi connectivity index (χ1v) is 5.71. The number of nitrogens with one attached hydrogen (secondary N) is 2. The van der Waals surface area contributed by atoms with Gasteiger partial charge in [0.05, 0.1) is 12.2 Å². The Morgan fingerprint density at radius 2 is 2.28 bits per heavy atom. The van der Waals surface area contributed by atoms with Crippen molar-refractivity contribution < 1.29 is 9.59 Å². The van der Waals surface area contributed by atoms with E-state index in [0.717, 1.165) is 11.4 Å². The number of hydrazone groups is 1. The largest absolute Gasteiger partial charge is 0.345 e. The minimum Gasteiger partial charge on any atom is -0.345 e. The molecule has 0 fully saturated rings. The summed E-state index contributed by atoms with van der Waals surface area (Å²) < 4.78 is 0. The highest BCUT2D eigenvalue weighted by Gasteiger charge is 2.17. The lowest BCUT2D eigenvalue weighted by atomic mass is 10.1. The molecule has 0 saturated carbocycles. The van der Waals surface area contributed by atoms with Gasteiger partial charge in [0.1, 0.15) is 5.71 Å². The first-order chi connectivity index (χ1) is 8.65. The number of hydrogen-bond acceptors (Lipinski definition) is 4. The standard InChI is InChI=1S/C12H14N4O2/c1-8-3-2-4-9(14-8)7-13-12(18)10-5-6-11(17)16-15-10/h2-4H,5-7H2,1H3,(H,13,18)(H,16,17). The van der Waals surface area contributed by atoms with Gasteiger partial charge in [-0.3, -0.25) is 14.6 Å². The van der Waals surface area contributed by atoms with E-state index in [-0.39, 0.29) is 11.8 Å². The molecule has 0 spiro atoms. The quantitative estimate of drug-likeness (QED) is 0.803. The number of amides is 2. The number of nitrogens with zero attached hydrogens (tertiary/aromatic N) is 2. The van der Waals surface area contributed by atoms with Gasteiger partial charge in [-0.25, -0.2) is 5.43 Å². The van der Waals surface area contributed by atoms with Crippen molar-refractivity contribution >= 4 is 17.5 Å². The molecule has 1 aromatic heterocycles. The molecule has 0 aromatic carbocycles. The zero-order valence-corrected chi connectivity index (χ0v) is 10.1. The highest BCUT2D eigenvalue weighted by molar-refractivity contribution is 6.39. The van der Waals surface area contributed by atoms with Crippen molar-refractivity contribution in [3.8, 4) is 0 Å². The monoisotopic (exact) mass is 246 g/mol. The first kappa shape index (κ1) is 12.2. The van der Waals surface area contributed by atoms with E-state index >= 15 is 0 Å². The molecule has 0 radical (unpaired) electrons. The molecule has 0 unspecified atom stereocenters. The number of carbonyl (C=O) groups excluding carboxylic acids is 2. The van der Waals surface area contributed by atoms with Crippen LogP contribution >= 0.6 is 0 Å². The SMILES string of the molecule is Cc1cccc(CNC(=O)C2=NNC(=O)CC2)n1. The van der Waals surface area contributed by atoms with Crippen LogP contribution in [0.4, 0.5) is 0 Å². The number of aryl methyl sites for hydroxylation is 1. The van der Waals surface area contributed by atoms with Crippen LogP contribution in [0, 0.1) is 6.92 Å². The van der Waals surface area contributed by atoms with Crippen LogP contribution < -0.4 is 10.7 Å². The number of hydrogen-bond donors (Lipinski definition) is 2. The third-order valence-corrected chi connectivity index (χ3v) is 2.54. The summed E-state index contributed by atoms with van der Waals surface area (Å²) in [5, 5.41) is 6.45. The van der Waals surface area contributed by atoms with Gasteiger partial charge in [0, 0.05) is 18.5 Å². The third kappa shape index (κ3) is 3.13. The van der Waals surface area contributed by atoms with Gasteiger partial charge < -0.3 is 5.32 Å². The van der Waals surface area contributed by atoms with Gasteiger partial charge >= 0.3 is 0 Å². The minimum absolute atomic E-state index is 0.160. The van der Waals surface area contributed by atoms with Gasteiger partial charge in [-0.15, -0.1) is 0 Å². The average Bonchev–Trinajstić information content (AvgIpc) is 2.37. The molecular formula is C12H14N4O2. The average molecular weight is 246 g/mol. The number of pyridine rings is 1. The predicted molar refractivity (Wildman–Crippen MR) is 65.6 cm³/mol. The fourth-order valence-electron chi connectivity index (χ4n) is 1.61. The van der Waals surface area contributed by atoms with E-state index in [9.17, 15) is 9.59 Å². The molecule has 6 nitrogen and oxygen atoms in total. The topological polar surface area (TPSA) is 83.5 Å². The van der Waals surface area contributed by atoms with E-state index in [1.165, 1.54) is 0 Å². The van der Waals surface area contributed by atoms with Crippen molar-refractivity contribution in [2.45, 2.75) is 26.3 Å². The summed E-state index contributed by atoms with van der Waals surface area (Å²) in [5.74, 6) is -0.426. The normalized spacial score (nSPS) is 14.7.